The maximum Gasteiger partial charge on any atom is 0.305 e. The van der Waals surface area contributed by atoms with Gasteiger partial charge in [-0.05, 0) is 68.1 Å². The van der Waals surface area contributed by atoms with E-state index in [0.29, 0.717) is 18.7 Å². The molecule has 0 aliphatic carbocycles. The highest BCUT2D eigenvalue weighted by Gasteiger charge is 2.25. The monoisotopic (exact) mass is 546 g/mol. The topological polar surface area (TPSA) is 121 Å². The van der Waals surface area contributed by atoms with Gasteiger partial charge in [0.15, 0.2) is 0 Å². The molecule has 40 heavy (non-hydrogen) atoms. The molecule has 0 bridgehead atoms. The van der Waals surface area contributed by atoms with Crippen molar-refractivity contribution in [2.24, 2.45) is 0 Å². The average Bonchev–Trinajstić information content (AvgIpc) is 3.31. The molecule has 210 valence electrons. The second-order valence-corrected chi connectivity index (χ2v) is 10.0. The summed E-state index contributed by atoms with van der Waals surface area (Å²) in [5, 5.41) is 37.9. The number of anilines is 2. The lowest BCUT2D eigenvalue weighted by atomic mass is 9.92. The number of para-hydroxylation sites is 1. The van der Waals surface area contributed by atoms with Crippen LogP contribution in [0.1, 0.15) is 56.7 Å². The Morgan fingerprint density at radius 2 is 1.77 bits per heavy atom. The van der Waals surface area contributed by atoms with Crippen molar-refractivity contribution in [3.63, 3.8) is 0 Å². The SMILES string of the molecule is CCC(C)c1nn(-c2ccnc(Nc3ccccc3)c2)c(-c2ccc(F)cc2)c1CC[C@@H](O)C[C@@H](O)CC(=O)O. The number of carboxylic acid groups (broad SMARTS) is 1. The molecule has 8 nitrogen and oxygen atoms in total. The van der Waals surface area contributed by atoms with Crippen molar-refractivity contribution >= 4 is 17.5 Å². The normalized spacial score (nSPS) is 13.5. The first-order chi connectivity index (χ1) is 19.2. The summed E-state index contributed by atoms with van der Waals surface area (Å²) in [5.41, 5.74) is 5.00. The van der Waals surface area contributed by atoms with Gasteiger partial charge in [0, 0.05) is 35.0 Å². The van der Waals surface area contributed by atoms with Crippen LogP contribution in [-0.2, 0) is 11.2 Å². The Morgan fingerprint density at radius 3 is 2.45 bits per heavy atom. The van der Waals surface area contributed by atoms with Gasteiger partial charge in [-0.25, -0.2) is 14.1 Å². The molecule has 1 unspecified atom stereocenters. The fourth-order valence-corrected chi connectivity index (χ4v) is 4.71. The van der Waals surface area contributed by atoms with E-state index in [9.17, 15) is 19.4 Å². The molecule has 0 saturated heterocycles. The minimum Gasteiger partial charge on any atom is -0.481 e. The highest BCUT2D eigenvalue weighted by Crippen LogP contribution is 2.35. The molecule has 0 saturated carbocycles. The van der Waals surface area contributed by atoms with E-state index in [1.807, 2.05) is 47.1 Å². The van der Waals surface area contributed by atoms with Crippen LogP contribution in [0.2, 0.25) is 0 Å². The summed E-state index contributed by atoms with van der Waals surface area (Å²) in [7, 11) is 0. The Balaban J connectivity index is 1.75. The van der Waals surface area contributed by atoms with E-state index in [4.69, 9.17) is 10.2 Å². The molecule has 4 N–H and O–H groups in total. The van der Waals surface area contributed by atoms with Crippen molar-refractivity contribution in [1.29, 1.82) is 0 Å². The zero-order valence-corrected chi connectivity index (χ0v) is 22.7. The molecule has 0 spiro atoms. The van der Waals surface area contributed by atoms with Gasteiger partial charge in [-0.15, -0.1) is 0 Å². The molecule has 4 aromatic rings. The third kappa shape index (κ3) is 7.31. The van der Waals surface area contributed by atoms with E-state index in [2.05, 4.69) is 24.1 Å². The molecule has 3 atom stereocenters. The largest absolute Gasteiger partial charge is 0.481 e. The molecular formula is C31H35FN4O4. The first kappa shape index (κ1) is 28.9. The van der Waals surface area contributed by atoms with Gasteiger partial charge >= 0.3 is 5.97 Å². The number of nitrogens with one attached hydrogen (secondary N) is 1. The van der Waals surface area contributed by atoms with E-state index in [1.165, 1.54) is 12.1 Å². The fraction of sp³-hybridized carbons (Fsp3) is 0.323. The molecule has 4 rings (SSSR count). The van der Waals surface area contributed by atoms with E-state index in [0.717, 1.165) is 40.3 Å². The second kappa shape index (κ2) is 13.3. The third-order valence-corrected chi connectivity index (χ3v) is 6.93. The van der Waals surface area contributed by atoms with Crippen LogP contribution in [0, 0.1) is 5.82 Å². The first-order valence-electron chi connectivity index (χ1n) is 13.5. The lowest BCUT2D eigenvalue weighted by Crippen LogP contribution is -2.21. The molecule has 2 aromatic heterocycles. The summed E-state index contributed by atoms with van der Waals surface area (Å²) in [6.45, 7) is 4.17. The predicted octanol–water partition coefficient (Wildman–Crippen LogP) is 5.85. The zero-order chi connectivity index (χ0) is 28.6. The second-order valence-electron chi connectivity index (χ2n) is 10.0. The number of hydrogen-bond donors (Lipinski definition) is 4. The number of aliphatic carboxylic acids is 1. The minimum absolute atomic E-state index is 0.0378. The molecule has 0 radical (unpaired) electrons. The Bertz CT molecular complexity index is 1410. The number of aromatic nitrogens is 3. The minimum atomic E-state index is -1.13. The van der Waals surface area contributed by atoms with Crippen molar-refractivity contribution in [2.75, 3.05) is 5.32 Å². The van der Waals surface area contributed by atoms with Gasteiger partial charge in [0.2, 0.25) is 0 Å². The van der Waals surface area contributed by atoms with E-state index in [-0.39, 0.29) is 18.2 Å². The third-order valence-electron chi connectivity index (χ3n) is 6.93. The number of benzene rings is 2. The molecule has 0 fully saturated rings. The van der Waals surface area contributed by atoms with Crippen LogP contribution in [0.3, 0.4) is 0 Å². The molecule has 2 heterocycles. The number of aliphatic hydroxyl groups is 2. The average molecular weight is 547 g/mol. The number of hydrogen-bond acceptors (Lipinski definition) is 6. The number of carbonyl (C=O) groups is 1. The summed E-state index contributed by atoms with van der Waals surface area (Å²) in [5.74, 6) is -0.718. The van der Waals surface area contributed by atoms with E-state index in [1.54, 1.807) is 18.3 Å². The Morgan fingerprint density at radius 1 is 1.05 bits per heavy atom. The van der Waals surface area contributed by atoms with Crippen molar-refractivity contribution in [2.45, 2.75) is 64.1 Å². The number of aliphatic hydroxyl groups excluding tert-OH is 2. The molecule has 9 heteroatoms. The molecule has 0 aliphatic rings. The Kier molecular flexibility index (Phi) is 9.63. The Labute approximate surface area is 233 Å². The van der Waals surface area contributed by atoms with Crippen LogP contribution in [-0.4, -0.2) is 48.3 Å². The van der Waals surface area contributed by atoms with Gasteiger partial charge in [0.25, 0.3) is 0 Å². The molecule has 0 amide bonds. The number of rotatable bonds is 13. The highest BCUT2D eigenvalue weighted by molar-refractivity contribution is 5.69. The molecule has 2 aromatic carbocycles. The zero-order valence-electron chi connectivity index (χ0n) is 22.7. The van der Waals surface area contributed by atoms with Crippen LogP contribution >= 0.6 is 0 Å². The Hall–Kier alpha value is -4.08. The van der Waals surface area contributed by atoms with Crippen LogP contribution in [0.15, 0.2) is 72.9 Å². The van der Waals surface area contributed by atoms with Crippen LogP contribution < -0.4 is 5.32 Å². The maximum absolute atomic E-state index is 13.9. The maximum atomic E-state index is 13.9. The van der Waals surface area contributed by atoms with E-state index < -0.39 is 24.6 Å². The summed E-state index contributed by atoms with van der Waals surface area (Å²) in [6.07, 6.45) is 0.792. The van der Waals surface area contributed by atoms with Gasteiger partial charge in [0.1, 0.15) is 11.6 Å². The fourth-order valence-electron chi connectivity index (χ4n) is 4.71. The van der Waals surface area contributed by atoms with Crippen LogP contribution in [0.5, 0.6) is 0 Å². The summed E-state index contributed by atoms with van der Waals surface area (Å²) >= 11 is 0. The van der Waals surface area contributed by atoms with Crippen LogP contribution in [0.25, 0.3) is 16.9 Å². The molecule has 0 aliphatic heterocycles. The molecular weight excluding hydrogens is 511 g/mol. The van der Waals surface area contributed by atoms with Crippen LogP contribution in [0.4, 0.5) is 15.9 Å². The van der Waals surface area contributed by atoms with Crippen molar-refractivity contribution < 1.29 is 24.5 Å². The number of carboxylic acids is 1. The summed E-state index contributed by atoms with van der Waals surface area (Å²) in [6, 6.07) is 19.7. The smallest absolute Gasteiger partial charge is 0.305 e. The van der Waals surface area contributed by atoms with Gasteiger partial charge in [0.05, 0.1) is 35.7 Å². The lowest BCUT2D eigenvalue weighted by molar-refractivity contribution is -0.139. The van der Waals surface area contributed by atoms with Gasteiger partial charge in [-0.3, -0.25) is 4.79 Å². The lowest BCUT2D eigenvalue weighted by Gasteiger charge is -2.16. The summed E-state index contributed by atoms with van der Waals surface area (Å²) in [4.78, 5) is 15.4. The predicted molar refractivity (Wildman–Crippen MR) is 152 cm³/mol. The van der Waals surface area contributed by atoms with E-state index >= 15 is 0 Å². The highest BCUT2D eigenvalue weighted by atomic mass is 19.1. The summed E-state index contributed by atoms with van der Waals surface area (Å²) < 4.78 is 15.7. The first-order valence-corrected chi connectivity index (χ1v) is 13.5. The number of pyridine rings is 1. The quantitative estimate of drug-likeness (QED) is 0.166. The van der Waals surface area contributed by atoms with Crippen molar-refractivity contribution in [3.8, 4) is 16.9 Å². The standard InChI is InChI=1S/C31H35FN4O4/c1-3-20(2)30-27(14-13-25(37)18-26(38)19-29(39)40)31(21-9-11-22(32)12-10-21)36(35-30)24-15-16-33-28(17-24)34-23-7-5-4-6-8-23/h4-12,15-17,20,25-26,37-38H,3,13-14,18-19H2,1-2H3,(H,33,34)(H,39,40)/t20?,25-,26-/m1/s1. The van der Waals surface area contributed by atoms with Crippen molar-refractivity contribution in [3.05, 3.63) is 90.0 Å². The van der Waals surface area contributed by atoms with Gasteiger partial charge in [-0.2, -0.15) is 5.10 Å². The number of halogens is 1. The van der Waals surface area contributed by atoms with Gasteiger partial charge in [-0.1, -0.05) is 32.0 Å². The van der Waals surface area contributed by atoms with Gasteiger partial charge < -0.3 is 20.6 Å². The number of nitrogens with zero attached hydrogens (tertiary/aromatic N) is 3. The van der Waals surface area contributed by atoms with Crippen molar-refractivity contribution in [1.82, 2.24) is 14.8 Å².